The van der Waals surface area contributed by atoms with Gasteiger partial charge >= 0.3 is 0 Å². The van der Waals surface area contributed by atoms with Crippen molar-refractivity contribution in [3.05, 3.63) is 69.7 Å². The molecule has 0 unspecified atom stereocenters. The highest BCUT2D eigenvalue weighted by Crippen LogP contribution is 2.40. The third kappa shape index (κ3) is 6.95. The first-order valence-corrected chi connectivity index (χ1v) is 13.5. The van der Waals surface area contributed by atoms with E-state index in [0.717, 1.165) is 17.4 Å². The number of anilines is 1. The lowest BCUT2D eigenvalue weighted by molar-refractivity contribution is 0.263. The van der Waals surface area contributed by atoms with Gasteiger partial charge in [0.2, 0.25) is 15.9 Å². The van der Waals surface area contributed by atoms with Gasteiger partial charge in [-0.05, 0) is 41.8 Å². The highest BCUT2D eigenvalue weighted by Gasteiger charge is 2.25. The number of rotatable bonds is 11. The van der Waals surface area contributed by atoms with Crippen LogP contribution >= 0.6 is 34.8 Å². The van der Waals surface area contributed by atoms with Crippen LogP contribution in [0.3, 0.4) is 0 Å². The molecule has 3 rings (SSSR count). The van der Waals surface area contributed by atoms with Crippen LogP contribution in [-0.4, -0.2) is 32.1 Å². The SMILES string of the molecule is CC(C)(c1ccc(OCc2nc(NS(C)(=O)=O)co2)cc1)c1cc(Cl)c(OCCCCl)c(Cl)c1. The average Bonchev–Trinajstić information content (AvgIpc) is 3.20. The van der Waals surface area contributed by atoms with E-state index < -0.39 is 15.4 Å². The molecule has 184 valence electrons. The van der Waals surface area contributed by atoms with Gasteiger partial charge in [-0.2, -0.15) is 4.98 Å². The van der Waals surface area contributed by atoms with Gasteiger partial charge in [-0.25, -0.2) is 8.42 Å². The molecule has 0 atom stereocenters. The van der Waals surface area contributed by atoms with Gasteiger partial charge in [0.05, 0.1) is 22.9 Å². The third-order valence-corrected chi connectivity index (χ3v) is 6.43. The smallest absolute Gasteiger partial charge is 0.234 e. The van der Waals surface area contributed by atoms with Crippen LogP contribution in [0.5, 0.6) is 11.5 Å². The Hall–Kier alpha value is -2.13. The minimum atomic E-state index is -3.43. The molecule has 0 aliphatic heterocycles. The van der Waals surface area contributed by atoms with Crippen molar-refractivity contribution in [3.63, 3.8) is 0 Å². The Balaban J connectivity index is 1.68. The predicted octanol–water partition coefficient (Wildman–Crippen LogP) is 6.27. The zero-order valence-corrected chi connectivity index (χ0v) is 22.0. The Labute approximate surface area is 214 Å². The summed E-state index contributed by atoms with van der Waals surface area (Å²) >= 11 is 18.6. The quantitative estimate of drug-likeness (QED) is 0.225. The Morgan fingerprint density at radius 3 is 2.29 bits per heavy atom. The first-order chi connectivity index (χ1) is 16.0. The molecule has 0 radical (unpaired) electrons. The summed E-state index contributed by atoms with van der Waals surface area (Å²) in [5.41, 5.74) is 1.57. The summed E-state index contributed by atoms with van der Waals surface area (Å²) in [6.07, 6.45) is 2.95. The van der Waals surface area contributed by atoms with E-state index in [9.17, 15) is 8.42 Å². The Kier molecular flexibility index (Phi) is 8.62. The van der Waals surface area contributed by atoms with E-state index in [0.29, 0.717) is 40.5 Å². The van der Waals surface area contributed by atoms with Crippen molar-refractivity contribution in [2.75, 3.05) is 23.5 Å². The number of sulfonamides is 1. The van der Waals surface area contributed by atoms with Crippen molar-refractivity contribution < 1.29 is 22.3 Å². The highest BCUT2D eigenvalue weighted by molar-refractivity contribution is 7.92. The van der Waals surface area contributed by atoms with Crippen LogP contribution in [0.25, 0.3) is 0 Å². The van der Waals surface area contributed by atoms with Gasteiger partial charge in [-0.15, -0.1) is 11.6 Å². The number of nitrogens with zero attached hydrogens (tertiary/aromatic N) is 1. The van der Waals surface area contributed by atoms with E-state index in [-0.39, 0.29) is 18.3 Å². The van der Waals surface area contributed by atoms with Crippen LogP contribution in [0.1, 0.15) is 37.3 Å². The van der Waals surface area contributed by atoms with Crippen molar-refractivity contribution in [1.82, 2.24) is 4.98 Å². The van der Waals surface area contributed by atoms with E-state index in [1.165, 1.54) is 6.26 Å². The average molecular weight is 548 g/mol. The number of hydrogen-bond acceptors (Lipinski definition) is 6. The minimum absolute atomic E-state index is 0.0462. The van der Waals surface area contributed by atoms with Crippen molar-refractivity contribution in [2.24, 2.45) is 0 Å². The highest BCUT2D eigenvalue weighted by atomic mass is 35.5. The standard InChI is InChI=1S/C23H25Cl3N2O5S/c1-23(2,16-11-18(25)22(19(26)12-16)31-10-4-9-24)15-5-7-17(8-6-15)32-14-21-27-20(13-33-21)28-34(3,29)30/h5-8,11-13,28H,4,9-10,14H2,1-3H3. The largest absolute Gasteiger partial charge is 0.490 e. The second kappa shape index (κ2) is 11.1. The number of halogens is 3. The van der Waals surface area contributed by atoms with Gasteiger partial charge in [0.1, 0.15) is 12.0 Å². The summed E-state index contributed by atoms with van der Waals surface area (Å²) in [5.74, 6) is 1.91. The molecule has 3 aromatic rings. The molecule has 11 heteroatoms. The van der Waals surface area contributed by atoms with Crippen LogP contribution in [0.15, 0.2) is 47.1 Å². The van der Waals surface area contributed by atoms with Gasteiger partial charge in [0.25, 0.3) is 0 Å². The fourth-order valence-corrected chi connectivity index (χ4v) is 4.36. The second-order valence-corrected chi connectivity index (χ2v) is 11.0. The molecular weight excluding hydrogens is 523 g/mol. The maximum Gasteiger partial charge on any atom is 0.234 e. The van der Waals surface area contributed by atoms with Crippen molar-refractivity contribution >= 4 is 50.6 Å². The van der Waals surface area contributed by atoms with E-state index in [2.05, 4.69) is 23.6 Å². The molecule has 0 aliphatic rings. The Morgan fingerprint density at radius 1 is 1.06 bits per heavy atom. The second-order valence-electron chi connectivity index (χ2n) is 8.10. The number of hydrogen-bond donors (Lipinski definition) is 1. The van der Waals surface area contributed by atoms with Crippen LogP contribution in [0, 0.1) is 0 Å². The lowest BCUT2D eigenvalue weighted by Gasteiger charge is -2.27. The van der Waals surface area contributed by atoms with Crippen LogP contribution in [0.2, 0.25) is 10.0 Å². The van der Waals surface area contributed by atoms with Gasteiger partial charge in [-0.3, -0.25) is 4.72 Å². The lowest BCUT2D eigenvalue weighted by Crippen LogP contribution is -2.19. The molecule has 2 aromatic carbocycles. The number of ether oxygens (including phenoxy) is 2. The van der Waals surface area contributed by atoms with Gasteiger partial charge in [0, 0.05) is 11.3 Å². The zero-order chi connectivity index (χ0) is 24.9. The molecule has 34 heavy (non-hydrogen) atoms. The minimum Gasteiger partial charge on any atom is -0.490 e. The molecule has 1 aromatic heterocycles. The number of nitrogens with one attached hydrogen (secondary N) is 1. The van der Waals surface area contributed by atoms with Crippen molar-refractivity contribution in [2.45, 2.75) is 32.3 Å². The molecule has 0 fully saturated rings. The summed E-state index contributed by atoms with van der Waals surface area (Å²) in [7, 11) is -3.43. The molecule has 0 amide bonds. The summed E-state index contributed by atoms with van der Waals surface area (Å²) in [4.78, 5) is 4.03. The van der Waals surface area contributed by atoms with Gasteiger partial charge in [0.15, 0.2) is 18.2 Å². The number of aromatic nitrogens is 1. The normalized spacial score (nSPS) is 11.9. The van der Waals surface area contributed by atoms with Gasteiger partial charge in [-0.1, -0.05) is 49.2 Å². The van der Waals surface area contributed by atoms with E-state index in [1.54, 1.807) is 0 Å². The van der Waals surface area contributed by atoms with E-state index in [4.69, 9.17) is 48.7 Å². The molecule has 0 aliphatic carbocycles. The molecule has 0 bridgehead atoms. The zero-order valence-electron chi connectivity index (χ0n) is 18.9. The topological polar surface area (TPSA) is 90.7 Å². The third-order valence-electron chi connectivity index (χ3n) is 5.02. The molecule has 7 nitrogen and oxygen atoms in total. The lowest BCUT2D eigenvalue weighted by atomic mass is 9.78. The molecule has 1 N–H and O–H groups in total. The van der Waals surface area contributed by atoms with E-state index in [1.807, 2.05) is 36.4 Å². The predicted molar refractivity (Wildman–Crippen MR) is 135 cm³/mol. The maximum atomic E-state index is 11.3. The van der Waals surface area contributed by atoms with Crippen LogP contribution < -0.4 is 14.2 Å². The maximum absolute atomic E-state index is 11.3. The monoisotopic (exact) mass is 546 g/mol. The van der Waals surface area contributed by atoms with Crippen molar-refractivity contribution in [3.8, 4) is 11.5 Å². The number of alkyl halides is 1. The van der Waals surface area contributed by atoms with Crippen molar-refractivity contribution in [1.29, 1.82) is 0 Å². The summed E-state index contributed by atoms with van der Waals surface area (Å²) in [5, 5.41) is 0.890. The van der Waals surface area contributed by atoms with Crippen LogP contribution in [0.4, 0.5) is 5.82 Å². The van der Waals surface area contributed by atoms with Gasteiger partial charge < -0.3 is 13.9 Å². The Morgan fingerprint density at radius 2 is 1.71 bits per heavy atom. The molecule has 1 heterocycles. The molecular formula is C23H25Cl3N2O5S. The fraction of sp³-hybridized carbons (Fsp3) is 0.348. The first-order valence-electron chi connectivity index (χ1n) is 10.3. The molecule has 0 saturated heterocycles. The first kappa shape index (κ1) is 26.5. The molecule has 0 spiro atoms. The fourth-order valence-electron chi connectivity index (χ4n) is 3.18. The summed E-state index contributed by atoms with van der Waals surface area (Å²) < 4.78 is 41.4. The number of oxazole rings is 1. The number of benzene rings is 2. The summed E-state index contributed by atoms with van der Waals surface area (Å²) in [6, 6.07) is 11.3. The Bertz CT molecular complexity index is 1200. The molecule has 0 saturated carbocycles. The van der Waals surface area contributed by atoms with Crippen LogP contribution in [-0.2, 0) is 22.0 Å². The summed E-state index contributed by atoms with van der Waals surface area (Å²) in [6.45, 7) is 4.63. The van der Waals surface area contributed by atoms with E-state index >= 15 is 0 Å².